The number of amides is 2. The van der Waals surface area contributed by atoms with E-state index in [0.717, 1.165) is 35.1 Å². The van der Waals surface area contributed by atoms with Gasteiger partial charge in [0.15, 0.2) is 0 Å². The molecule has 0 aliphatic heterocycles. The molecule has 0 saturated heterocycles. The number of nitrogens with zero attached hydrogens (tertiary/aromatic N) is 1. The minimum absolute atomic E-state index is 0.0332. The van der Waals surface area contributed by atoms with E-state index in [9.17, 15) is 9.59 Å². The highest BCUT2D eigenvalue weighted by atomic mass is 32.2. The first kappa shape index (κ1) is 20.7. The fraction of sp³-hybridized carbons (Fsp3) is 0.167. The van der Waals surface area contributed by atoms with Gasteiger partial charge in [-0.15, -0.1) is 0 Å². The van der Waals surface area contributed by atoms with Gasteiger partial charge in [-0.05, 0) is 66.1 Å². The van der Waals surface area contributed by atoms with Gasteiger partial charge in [-0.3, -0.25) is 9.59 Å². The lowest BCUT2D eigenvalue weighted by Gasteiger charge is -2.12. The zero-order chi connectivity index (χ0) is 20.6. The lowest BCUT2D eigenvalue weighted by Crippen LogP contribution is -2.16. The molecular formula is C24H24N2O2S. The Labute approximate surface area is 175 Å². The maximum Gasteiger partial charge on any atom is 0.285 e. The number of thioether (sulfide) groups is 1. The Bertz CT molecular complexity index is 970. The molecular weight excluding hydrogens is 380 g/mol. The number of hydrogen-bond donors (Lipinski definition) is 1. The van der Waals surface area contributed by atoms with Crippen LogP contribution in [0.1, 0.15) is 21.5 Å². The normalized spacial score (nSPS) is 10.4. The molecule has 0 unspecified atom stereocenters. The first-order chi connectivity index (χ1) is 14.0. The van der Waals surface area contributed by atoms with Gasteiger partial charge in [-0.1, -0.05) is 48.5 Å². The van der Waals surface area contributed by atoms with Crippen LogP contribution in [0.15, 0.2) is 83.8 Å². The number of carbonyl (C=O) groups is 2. The van der Waals surface area contributed by atoms with Crippen LogP contribution in [0, 0.1) is 0 Å². The molecule has 0 heterocycles. The second-order valence-electron chi connectivity index (χ2n) is 6.88. The third kappa shape index (κ3) is 5.96. The van der Waals surface area contributed by atoms with E-state index in [1.54, 1.807) is 14.1 Å². The fourth-order valence-electron chi connectivity index (χ4n) is 2.88. The van der Waals surface area contributed by atoms with Gasteiger partial charge in [0.2, 0.25) is 0 Å². The minimum Gasteiger partial charge on any atom is -0.339 e. The fourth-order valence-corrected chi connectivity index (χ4v) is 3.54. The number of carbonyl (C=O) groups excluding carboxylic acids is 2. The average molecular weight is 405 g/mol. The van der Waals surface area contributed by atoms with Crippen molar-refractivity contribution in [3.05, 3.63) is 95.6 Å². The number of hydrogen-bond acceptors (Lipinski definition) is 3. The van der Waals surface area contributed by atoms with E-state index in [4.69, 9.17) is 0 Å². The van der Waals surface area contributed by atoms with Crippen molar-refractivity contribution in [2.24, 2.45) is 0 Å². The highest BCUT2D eigenvalue weighted by Crippen LogP contribution is 2.23. The number of aryl methyl sites for hydroxylation is 2. The van der Waals surface area contributed by atoms with Gasteiger partial charge in [-0.2, -0.15) is 0 Å². The highest BCUT2D eigenvalue weighted by Gasteiger charge is 2.12. The Hall–Kier alpha value is -3.05. The van der Waals surface area contributed by atoms with E-state index in [0.29, 0.717) is 11.3 Å². The van der Waals surface area contributed by atoms with Crippen LogP contribution in [-0.4, -0.2) is 30.1 Å². The van der Waals surface area contributed by atoms with E-state index in [-0.39, 0.29) is 11.1 Å². The molecule has 0 spiro atoms. The van der Waals surface area contributed by atoms with Gasteiger partial charge >= 0.3 is 0 Å². The van der Waals surface area contributed by atoms with E-state index >= 15 is 0 Å². The minimum atomic E-state index is -0.126. The van der Waals surface area contributed by atoms with Crippen molar-refractivity contribution >= 4 is 28.6 Å². The summed E-state index contributed by atoms with van der Waals surface area (Å²) in [6.45, 7) is 0. The Balaban J connectivity index is 1.65. The predicted octanol–water partition coefficient (Wildman–Crippen LogP) is 5.50. The molecule has 0 bridgehead atoms. The molecule has 2 amide bonds. The van der Waals surface area contributed by atoms with Gasteiger partial charge in [-0.25, -0.2) is 0 Å². The molecule has 3 aromatic carbocycles. The van der Waals surface area contributed by atoms with Crippen molar-refractivity contribution < 1.29 is 9.59 Å². The van der Waals surface area contributed by atoms with Crippen LogP contribution < -0.4 is 5.32 Å². The molecule has 0 radical (unpaired) electrons. The SMILES string of the molecule is CN(C)C(=O)Sc1ccc(NC(=O)c2ccccc2CCc2ccccc2)cc1. The zero-order valence-electron chi connectivity index (χ0n) is 16.6. The van der Waals surface area contributed by atoms with Crippen LogP contribution in [0.5, 0.6) is 0 Å². The number of nitrogens with one attached hydrogen (secondary N) is 1. The smallest absolute Gasteiger partial charge is 0.285 e. The maximum absolute atomic E-state index is 12.8. The summed E-state index contributed by atoms with van der Waals surface area (Å²) in [5.41, 5.74) is 3.67. The third-order valence-corrected chi connectivity index (χ3v) is 5.52. The Morgan fingerprint density at radius 1 is 0.828 bits per heavy atom. The van der Waals surface area contributed by atoms with Gasteiger partial charge in [0.05, 0.1) is 0 Å². The molecule has 3 rings (SSSR count). The number of benzene rings is 3. The van der Waals surface area contributed by atoms with Crippen molar-refractivity contribution in [2.45, 2.75) is 17.7 Å². The van der Waals surface area contributed by atoms with Crippen LogP contribution >= 0.6 is 11.8 Å². The lowest BCUT2D eigenvalue weighted by molar-refractivity contribution is 0.102. The van der Waals surface area contributed by atoms with Crippen molar-refractivity contribution in [1.29, 1.82) is 0 Å². The second kappa shape index (κ2) is 9.94. The first-order valence-electron chi connectivity index (χ1n) is 9.45. The molecule has 0 aromatic heterocycles. The summed E-state index contributed by atoms with van der Waals surface area (Å²) in [4.78, 5) is 27.0. The summed E-state index contributed by atoms with van der Waals surface area (Å²) in [6, 6.07) is 25.3. The zero-order valence-corrected chi connectivity index (χ0v) is 17.4. The van der Waals surface area contributed by atoms with Crippen LogP contribution in [0.3, 0.4) is 0 Å². The van der Waals surface area contributed by atoms with Crippen molar-refractivity contribution in [3.8, 4) is 0 Å². The van der Waals surface area contributed by atoms with Crippen molar-refractivity contribution in [1.82, 2.24) is 4.90 Å². The molecule has 3 aromatic rings. The Morgan fingerprint density at radius 3 is 2.17 bits per heavy atom. The summed E-state index contributed by atoms with van der Waals surface area (Å²) in [6.07, 6.45) is 1.69. The lowest BCUT2D eigenvalue weighted by atomic mass is 9.99. The second-order valence-corrected chi connectivity index (χ2v) is 7.91. The number of anilines is 1. The molecule has 148 valence electrons. The van der Waals surface area contributed by atoms with Gasteiger partial charge in [0.25, 0.3) is 11.1 Å². The summed E-state index contributed by atoms with van der Waals surface area (Å²) in [5.74, 6) is -0.126. The molecule has 29 heavy (non-hydrogen) atoms. The molecule has 0 saturated carbocycles. The van der Waals surface area contributed by atoms with E-state index in [2.05, 4.69) is 17.4 Å². The van der Waals surface area contributed by atoms with Crippen LogP contribution in [0.4, 0.5) is 10.5 Å². The molecule has 4 nitrogen and oxygen atoms in total. The highest BCUT2D eigenvalue weighted by molar-refractivity contribution is 8.13. The van der Waals surface area contributed by atoms with Crippen molar-refractivity contribution in [3.63, 3.8) is 0 Å². The standard InChI is InChI=1S/C24H24N2O2S/c1-26(2)24(28)29-21-16-14-20(15-17-21)25-23(27)22-11-7-6-10-19(22)13-12-18-8-4-3-5-9-18/h3-11,14-17H,12-13H2,1-2H3,(H,25,27). The summed E-state index contributed by atoms with van der Waals surface area (Å²) in [5, 5.41) is 2.92. The number of rotatable bonds is 6. The Kier molecular flexibility index (Phi) is 7.09. The van der Waals surface area contributed by atoms with Crippen LogP contribution in [-0.2, 0) is 12.8 Å². The largest absolute Gasteiger partial charge is 0.339 e. The maximum atomic E-state index is 12.8. The van der Waals surface area contributed by atoms with Gasteiger partial charge < -0.3 is 10.2 Å². The first-order valence-corrected chi connectivity index (χ1v) is 10.3. The molecule has 5 heteroatoms. The van der Waals surface area contributed by atoms with E-state index < -0.39 is 0 Å². The molecule has 1 N–H and O–H groups in total. The molecule has 0 aliphatic rings. The summed E-state index contributed by atoms with van der Waals surface area (Å²) < 4.78 is 0. The van der Waals surface area contributed by atoms with Crippen molar-refractivity contribution in [2.75, 3.05) is 19.4 Å². The average Bonchev–Trinajstić information content (AvgIpc) is 2.74. The summed E-state index contributed by atoms with van der Waals surface area (Å²) >= 11 is 1.16. The van der Waals surface area contributed by atoms with Crippen LogP contribution in [0.25, 0.3) is 0 Å². The monoisotopic (exact) mass is 404 g/mol. The quantitative estimate of drug-likeness (QED) is 0.552. The topological polar surface area (TPSA) is 49.4 Å². The molecule has 0 fully saturated rings. The predicted molar refractivity (Wildman–Crippen MR) is 120 cm³/mol. The van der Waals surface area contributed by atoms with Gasteiger partial charge in [0, 0.05) is 30.2 Å². The van der Waals surface area contributed by atoms with E-state index in [1.807, 2.05) is 66.7 Å². The molecule has 0 aliphatic carbocycles. The molecule has 0 atom stereocenters. The Morgan fingerprint density at radius 2 is 1.48 bits per heavy atom. The van der Waals surface area contributed by atoms with E-state index in [1.165, 1.54) is 10.5 Å². The summed E-state index contributed by atoms with van der Waals surface area (Å²) in [7, 11) is 3.44. The van der Waals surface area contributed by atoms with Crippen LogP contribution in [0.2, 0.25) is 0 Å². The third-order valence-electron chi connectivity index (χ3n) is 4.47. The van der Waals surface area contributed by atoms with Gasteiger partial charge in [0.1, 0.15) is 0 Å².